The predicted molar refractivity (Wildman–Crippen MR) is 62.2 cm³/mol. The molecule has 0 amide bonds. The molecule has 0 radical (unpaired) electrons. The number of thiophene rings is 1. The first-order valence-electron chi connectivity index (χ1n) is 5.00. The van der Waals surface area contributed by atoms with E-state index in [0.717, 1.165) is 0 Å². The number of fused-ring (bicyclic) bond motifs is 1. The summed E-state index contributed by atoms with van der Waals surface area (Å²) >= 11 is 0.676. The third-order valence-corrected chi connectivity index (χ3v) is 3.48. The van der Waals surface area contributed by atoms with Crippen LogP contribution in [0.5, 0.6) is 0 Å². The van der Waals surface area contributed by atoms with Gasteiger partial charge in [-0.15, -0.1) is 11.3 Å². The van der Waals surface area contributed by atoms with E-state index in [2.05, 4.69) is 15.0 Å². The summed E-state index contributed by atoms with van der Waals surface area (Å²) in [6.07, 6.45) is 0.0947. The van der Waals surface area contributed by atoms with Crippen molar-refractivity contribution in [2.75, 3.05) is 0 Å². The van der Waals surface area contributed by atoms with Gasteiger partial charge in [0.25, 0.3) is 0 Å². The molecule has 3 aromatic heterocycles. The highest BCUT2D eigenvalue weighted by Gasteiger charge is 2.35. The van der Waals surface area contributed by atoms with Crippen molar-refractivity contribution in [3.8, 4) is 11.1 Å². The Kier molecular flexibility index (Phi) is 2.37. The molecule has 3 nitrogen and oxygen atoms in total. The zero-order valence-corrected chi connectivity index (χ0v) is 9.64. The number of aromatic nitrogens is 3. The van der Waals surface area contributed by atoms with Crippen LogP contribution in [0.15, 0.2) is 30.0 Å². The van der Waals surface area contributed by atoms with Crippen molar-refractivity contribution in [2.45, 2.75) is 6.18 Å². The smallest absolute Gasteiger partial charge is 0.344 e. The quantitative estimate of drug-likeness (QED) is 0.731. The van der Waals surface area contributed by atoms with Crippen LogP contribution >= 0.6 is 11.3 Å². The van der Waals surface area contributed by atoms with E-state index >= 15 is 0 Å². The Morgan fingerprint density at radius 1 is 1.11 bits per heavy atom. The average molecular weight is 269 g/mol. The minimum Gasteiger partial charge on any atom is -0.344 e. The minimum atomic E-state index is -4.35. The normalized spacial score (nSPS) is 12.2. The molecule has 7 heteroatoms. The number of H-pyrrole nitrogens is 1. The first-order chi connectivity index (χ1) is 8.57. The van der Waals surface area contributed by atoms with Gasteiger partial charge in [-0.2, -0.15) is 13.2 Å². The van der Waals surface area contributed by atoms with Crippen LogP contribution < -0.4 is 0 Å². The number of hydrogen-bond acceptors (Lipinski definition) is 3. The summed E-state index contributed by atoms with van der Waals surface area (Å²) < 4.78 is 38.5. The molecule has 1 N–H and O–H groups in total. The van der Waals surface area contributed by atoms with Crippen molar-refractivity contribution in [1.29, 1.82) is 0 Å². The SMILES string of the molecule is FC(F)(F)c1sccc1-c1c[nH]c2nccnc12. The first kappa shape index (κ1) is 11.2. The molecule has 0 aromatic carbocycles. The molecule has 0 unspecified atom stereocenters. The average Bonchev–Trinajstić information content (AvgIpc) is 2.93. The van der Waals surface area contributed by atoms with Crippen LogP contribution in [0.3, 0.4) is 0 Å². The zero-order chi connectivity index (χ0) is 12.8. The van der Waals surface area contributed by atoms with Gasteiger partial charge in [0.1, 0.15) is 10.4 Å². The molecule has 0 aliphatic carbocycles. The summed E-state index contributed by atoms with van der Waals surface area (Å²) in [5, 5.41) is 1.42. The number of alkyl halides is 3. The van der Waals surface area contributed by atoms with Crippen LogP contribution in [0.4, 0.5) is 13.2 Å². The monoisotopic (exact) mass is 269 g/mol. The van der Waals surface area contributed by atoms with E-state index in [4.69, 9.17) is 0 Å². The van der Waals surface area contributed by atoms with Crippen molar-refractivity contribution in [1.82, 2.24) is 15.0 Å². The zero-order valence-electron chi connectivity index (χ0n) is 8.82. The van der Waals surface area contributed by atoms with Gasteiger partial charge in [-0.05, 0) is 11.4 Å². The van der Waals surface area contributed by atoms with Gasteiger partial charge in [-0.3, -0.25) is 4.98 Å². The van der Waals surface area contributed by atoms with Crippen molar-refractivity contribution in [3.63, 3.8) is 0 Å². The Morgan fingerprint density at radius 2 is 1.89 bits per heavy atom. The van der Waals surface area contributed by atoms with E-state index in [1.54, 1.807) is 0 Å². The Balaban J connectivity index is 2.25. The summed E-state index contributed by atoms with van der Waals surface area (Å²) in [6, 6.07) is 1.45. The van der Waals surface area contributed by atoms with E-state index in [1.165, 1.54) is 30.0 Å². The molecule has 0 aliphatic rings. The van der Waals surface area contributed by atoms with Crippen LogP contribution in [0.25, 0.3) is 22.3 Å². The van der Waals surface area contributed by atoms with Crippen LogP contribution in [-0.2, 0) is 6.18 Å². The maximum Gasteiger partial charge on any atom is 0.426 e. The molecular weight excluding hydrogens is 263 g/mol. The van der Waals surface area contributed by atoms with Crippen LogP contribution in [0.2, 0.25) is 0 Å². The van der Waals surface area contributed by atoms with E-state index < -0.39 is 11.1 Å². The lowest BCUT2D eigenvalue weighted by Crippen LogP contribution is -2.03. The van der Waals surface area contributed by atoms with Gasteiger partial charge in [0.2, 0.25) is 0 Å². The van der Waals surface area contributed by atoms with Gasteiger partial charge in [0.15, 0.2) is 5.65 Å². The number of rotatable bonds is 1. The van der Waals surface area contributed by atoms with Gasteiger partial charge in [-0.25, -0.2) is 4.98 Å². The number of halogens is 3. The van der Waals surface area contributed by atoms with Gasteiger partial charge >= 0.3 is 6.18 Å². The molecule has 3 aromatic rings. The fourth-order valence-electron chi connectivity index (χ4n) is 1.80. The van der Waals surface area contributed by atoms with Gasteiger partial charge in [0, 0.05) is 29.7 Å². The van der Waals surface area contributed by atoms with E-state index in [-0.39, 0.29) is 5.56 Å². The van der Waals surface area contributed by atoms with Crippen molar-refractivity contribution in [3.05, 3.63) is 34.9 Å². The second-order valence-electron chi connectivity index (χ2n) is 3.62. The lowest BCUT2D eigenvalue weighted by molar-refractivity contribution is -0.133. The standard InChI is InChI=1S/C11H6F3N3S/c12-11(13,14)9-6(1-4-18-9)7-5-17-10-8(7)15-2-3-16-10/h1-5H,(H,16,17). The predicted octanol–water partition coefficient (Wildman–Crippen LogP) is 3.71. The molecule has 0 spiro atoms. The van der Waals surface area contributed by atoms with Crippen LogP contribution in [-0.4, -0.2) is 15.0 Å². The van der Waals surface area contributed by atoms with Crippen molar-refractivity contribution >= 4 is 22.5 Å². The second-order valence-corrected chi connectivity index (χ2v) is 4.53. The maximum absolute atomic E-state index is 12.8. The van der Waals surface area contributed by atoms with Gasteiger partial charge in [0.05, 0.1) is 0 Å². The lowest BCUT2D eigenvalue weighted by Gasteiger charge is -2.06. The summed E-state index contributed by atoms with van der Waals surface area (Å²) in [7, 11) is 0. The largest absolute Gasteiger partial charge is 0.426 e. The molecule has 92 valence electrons. The molecule has 0 bridgehead atoms. The maximum atomic E-state index is 12.8. The molecule has 3 heterocycles. The van der Waals surface area contributed by atoms with Gasteiger partial charge in [-0.1, -0.05) is 0 Å². The molecule has 0 aliphatic heterocycles. The Morgan fingerprint density at radius 3 is 2.67 bits per heavy atom. The van der Waals surface area contributed by atoms with Crippen molar-refractivity contribution in [2.24, 2.45) is 0 Å². The van der Waals surface area contributed by atoms with Gasteiger partial charge < -0.3 is 4.98 Å². The number of nitrogens with zero attached hydrogens (tertiary/aromatic N) is 2. The number of aromatic amines is 1. The lowest BCUT2D eigenvalue weighted by atomic mass is 10.1. The highest BCUT2D eigenvalue weighted by Crippen LogP contribution is 2.42. The van der Waals surface area contributed by atoms with E-state index in [1.807, 2.05) is 0 Å². The summed E-state index contributed by atoms with van der Waals surface area (Å²) in [5.41, 5.74) is 1.49. The number of hydrogen-bond donors (Lipinski definition) is 1. The molecule has 0 atom stereocenters. The molecule has 0 saturated heterocycles. The topological polar surface area (TPSA) is 41.6 Å². The van der Waals surface area contributed by atoms with Crippen molar-refractivity contribution < 1.29 is 13.2 Å². The fraction of sp³-hybridized carbons (Fsp3) is 0.0909. The summed E-state index contributed by atoms with van der Waals surface area (Å²) in [4.78, 5) is 10.3. The van der Waals surface area contributed by atoms with Crippen LogP contribution in [0, 0.1) is 0 Å². The first-order valence-corrected chi connectivity index (χ1v) is 5.88. The molecule has 0 saturated carbocycles. The molecular formula is C11H6F3N3S. The van der Waals surface area contributed by atoms with E-state index in [9.17, 15) is 13.2 Å². The Labute approximate surface area is 103 Å². The Hall–Kier alpha value is -1.89. The minimum absolute atomic E-state index is 0.138. The Bertz CT molecular complexity index is 699. The molecule has 18 heavy (non-hydrogen) atoms. The second kappa shape index (κ2) is 3.81. The fourth-order valence-corrected chi connectivity index (χ4v) is 2.57. The summed E-state index contributed by atoms with van der Waals surface area (Å²) in [5.74, 6) is 0. The highest BCUT2D eigenvalue weighted by atomic mass is 32.1. The molecule has 0 fully saturated rings. The third kappa shape index (κ3) is 1.67. The van der Waals surface area contributed by atoms with Crippen LogP contribution in [0.1, 0.15) is 4.88 Å². The highest BCUT2D eigenvalue weighted by molar-refractivity contribution is 7.10. The third-order valence-electron chi connectivity index (χ3n) is 2.52. The summed E-state index contributed by atoms with van der Waals surface area (Å²) in [6.45, 7) is 0. The number of nitrogens with one attached hydrogen (secondary N) is 1. The van der Waals surface area contributed by atoms with E-state index in [0.29, 0.717) is 28.1 Å². The molecule has 3 rings (SSSR count).